The van der Waals surface area contributed by atoms with Gasteiger partial charge in [-0.3, -0.25) is 4.98 Å². The van der Waals surface area contributed by atoms with Gasteiger partial charge in [0.05, 0.1) is 0 Å². The Balaban J connectivity index is 1.90. The first-order valence-electron chi connectivity index (χ1n) is 9.08. The maximum atomic E-state index is 4.17. The number of aromatic nitrogens is 1. The van der Waals surface area contributed by atoms with Crippen LogP contribution in [-0.4, -0.2) is 29.0 Å². The molecule has 1 heterocycles. The Labute approximate surface area is 140 Å². The summed E-state index contributed by atoms with van der Waals surface area (Å²) >= 11 is 0. The van der Waals surface area contributed by atoms with Crippen LogP contribution in [0.25, 0.3) is 11.1 Å². The summed E-state index contributed by atoms with van der Waals surface area (Å²) < 4.78 is 0. The molecule has 0 saturated heterocycles. The first kappa shape index (κ1) is 16.2. The molecular weight excluding hydrogens is 280 g/mol. The summed E-state index contributed by atoms with van der Waals surface area (Å²) in [6, 6.07) is 11.8. The van der Waals surface area contributed by atoms with Gasteiger partial charge in [0.25, 0.3) is 0 Å². The van der Waals surface area contributed by atoms with E-state index >= 15 is 0 Å². The highest BCUT2D eigenvalue weighted by Crippen LogP contribution is 2.33. The van der Waals surface area contributed by atoms with Gasteiger partial charge in [-0.1, -0.05) is 32.0 Å². The zero-order valence-electron chi connectivity index (χ0n) is 14.5. The van der Waals surface area contributed by atoms with Gasteiger partial charge in [-0.15, -0.1) is 0 Å². The van der Waals surface area contributed by atoms with Crippen LogP contribution in [0.1, 0.15) is 44.2 Å². The molecule has 0 spiro atoms. The van der Waals surface area contributed by atoms with Crippen molar-refractivity contribution in [2.24, 2.45) is 0 Å². The first-order valence-corrected chi connectivity index (χ1v) is 9.08. The third-order valence-corrected chi connectivity index (χ3v) is 4.99. The summed E-state index contributed by atoms with van der Waals surface area (Å²) in [7, 11) is 0. The van der Waals surface area contributed by atoms with Crippen molar-refractivity contribution >= 4 is 0 Å². The molecule has 23 heavy (non-hydrogen) atoms. The van der Waals surface area contributed by atoms with Crippen LogP contribution in [0.2, 0.25) is 0 Å². The van der Waals surface area contributed by atoms with Crippen molar-refractivity contribution in [3.63, 3.8) is 0 Å². The number of pyridine rings is 1. The highest BCUT2D eigenvalue weighted by atomic mass is 15.1. The zero-order valence-corrected chi connectivity index (χ0v) is 14.5. The lowest BCUT2D eigenvalue weighted by Crippen LogP contribution is -2.40. The van der Waals surface area contributed by atoms with Crippen molar-refractivity contribution in [1.29, 1.82) is 0 Å². The van der Waals surface area contributed by atoms with Crippen LogP contribution >= 0.6 is 0 Å². The minimum Gasteiger partial charge on any atom is -0.300 e. The SMILES string of the molecule is CCCN(CCC)C1CCc2cccc(-c3ccncc3)c2C1. The minimum absolute atomic E-state index is 0.699. The third-order valence-electron chi connectivity index (χ3n) is 4.99. The standard InChI is InChI=1S/C21H28N2/c1-3-14-23(15-4-2)19-9-8-17-6-5-7-20(21(17)16-19)18-10-12-22-13-11-18/h5-7,10-13,19H,3-4,8-9,14-16H2,1-2H3. The predicted octanol–water partition coefficient (Wildman–Crippen LogP) is 4.73. The fourth-order valence-electron chi connectivity index (χ4n) is 3.93. The van der Waals surface area contributed by atoms with Crippen molar-refractivity contribution < 1.29 is 0 Å². The summed E-state index contributed by atoms with van der Waals surface area (Å²) in [5, 5.41) is 0. The second kappa shape index (κ2) is 7.74. The normalized spacial score (nSPS) is 17.3. The Morgan fingerprint density at radius 2 is 1.78 bits per heavy atom. The van der Waals surface area contributed by atoms with E-state index in [4.69, 9.17) is 0 Å². The van der Waals surface area contributed by atoms with E-state index in [0.29, 0.717) is 6.04 Å². The molecule has 2 aromatic rings. The highest BCUT2D eigenvalue weighted by Gasteiger charge is 2.25. The molecule has 0 N–H and O–H groups in total. The summed E-state index contributed by atoms with van der Waals surface area (Å²) in [4.78, 5) is 6.88. The summed E-state index contributed by atoms with van der Waals surface area (Å²) in [5.41, 5.74) is 5.81. The molecule has 0 radical (unpaired) electrons. The average Bonchev–Trinajstić information content (AvgIpc) is 2.61. The van der Waals surface area contributed by atoms with Gasteiger partial charge in [-0.2, -0.15) is 0 Å². The van der Waals surface area contributed by atoms with Crippen LogP contribution in [0.3, 0.4) is 0 Å². The topological polar surface area (TPSA) is 16.1 Å². The van der Waals surface area contributed by atoms with E-state index in [-0.39, 0.29) is 0 Å². The Kier molecular flexibility index (Phi) is 5.45. The van der Waals surface area contributed by atoms with Crippen LogP contribution in [0, 0.1) is 0 Å². The Hall–Kier alpha value is -1.67. The van der Waals surface area contributed by atoms with E-state index in [2.05, 4.69) is 54.1 Å². The Morgan fingerprint density at radius 1 is 1.04 bits per heavy atom. The number of aryl methyl sites for hydroxylation is 1. The van der Waals surface area contributed by atoms with E-state index < -0.39 is 0 Å². The molecule has 0 amide bonds. The van der Waals surface area contributed by atoms with Crippen molar-refractivity contribution in [2.75, 3.05) is 13.1 Å². The lowest BCUT2D eigenvalue weighted by Gasteiger charge is -2.36. The molecule has 1 unspecified atom stereocenters. The Morgan fingerprint density at radius 3 is 2.48 bits per heavy atom. The summed E-state index contributed by atoms with van der Waals surface area (Å²) in [5.74, 6) is 0. The number of hydrogen-bond acceptors (Lipinski definition) is 2. The minimum atomic E-state index is 0.699. The van der Waals surface area contributed by atoms with E-state index in [1.165, 1.54) is 56.3 Å². The van der Waals surface area contributed by atoms with Gasteiger partial charge < -0.3 is 4.90 Å². The lowest BCUT2D eigenvalue weighted by atomic mass is 9.83. The van der Waals surface area contributed by atoms with E-state index in [1.807, 2.05) is 12.4 Å². The van der Waals surface area contributed by atoms with Gasteiger partial charge in [0.2, 0.25) is 0 Å². The zero-order chi connectivity index (χ0) is 16.1. The molecule has 1 aromatic heterocycles. The van der Waals surface area contributed by atoms with Crippen LogP contribution in [0.15, 0.2) is 42.7 Å². The molecule has 2 heteroatoms. The van der Waals surface area contributed by atoms with Crippen molar-refractivity contribution in [1.82, 2.24) is 9.88 Å². The second-order valence-electron chi connectivity index (χ2n) is 6.61. The maximum absolute atomic E-state index is 4.17. The average molecular weight is 308 g/mol. The van der Waals surface area contributed by atoms with E-state index in [1.54, 1.807) is 11.1 Å². The van der Waals surface area contributed by atoms with Crippen LogP contribution < -0.4 is 0 Å². The number of rotatable bonds is 6. The maximum Gasteiger partial charge on any atom is 0.0273 e. The molecule has 1 atom stereocenters. The van der Waals surface area contributed by atoms with Gasteiger partial charge in [0.15, 0.2) is 0 Å². The molecular formula is C21H28N2. The smallest absolute Gasteiger partial charge is 0.0273 e. The third kappa shape index (κ3) is 3.64. The molecule has 0 bridgehead atoms. The summed E-state index contributed by atoms with van der Waals surface area (Å²) in [6.45, 7) is 7.04. The molecule has 1 aromatic carbocycles. The quantitative estimate of drug-likeness (QED) is 0.767. The number of hydrogen-bond donors (Lipinski definition) is 0. The molecule has 0 saturated carbocycles. The fraction of sp³-hybridized carbons (Fsp3) is 0.476. The molecule has 3 rings (SSSR count). The molecule has 0 aliphatic heterocycles. The Bertz CT molecular complexity index is 615. The monoisotopic (exact) mass is 308 g/mol. The largest absolute Gasteiger partial charge is 0.300 e. The van der Waals surface area contributed by atoms with Crippen molar-refractivity contribution in [3.05, 3.63) is 53.9 Å². The molecule has 1 aliphatic rings. The predicted molar refractivity (Wildman–Crippen MR) is 97.6 cm³/mol. The van der Waals surface area contributed by atoms with Crippen LogP contribution in [-0.2, 0) is 12.8 Å². The first-order chi connectivity index (χ1) is 11.3. The van der Waals surface area contributed by atoms with Gasteiger partial charge in [-0.05, 0) is 79.6 Å². The van der Waals surface area contributed by atoms with Gasteiger partial charge >= 0.3 is 0 Å². The number of fused-ring (bicyclic) bond motifs is 1. The van der Waals surface area contributed by atoms with Gasteiger partial charge in [-0.25, -0.2) is 0 Å². The number of benzene rings is 1. The van der Waals surface area contributed by atoms with Crippen LogP contribution in [0.5, 0.6) is 0 Å². The van der Waals surface area contributed by atoms with Gasteiger partial charge in [0.1, 0.15) is 0 Å². The lowest BCUT2D eigenvalue weighted by molar-refractivity contribution is 0.180. The fourth-order valence-corrected chi connectivity index (χ4v) is 3.93. The summed E-state index contributed by atoms with van der Waals surface area (Å²) in [6.07, 6.45) is 9.99. The molecule has 122 valence electrons. The molecule has 0 fully saturated rings. The highest BCUT2D eigenvalue weighted by molar-refractivity contribution is 5.68. The van der Waals surface area contributed by atoms with Crippen LogP contribution in [0.4, 0.5) is 0 Å². The molecule has 2 nitrogen and oxygen atoms in total. The van der Waals surface area contributed by atoms with Crippen molar-refractivity contribution in [3.8, 4) is 11.1 Å². The second-order valence-corrected chi connectivity index (χ2v) is 6.61. The number of nitrogens with zero attached hydrogens (tertiary/aromatic N) is 2. The van der Waals surface area contributed by atoms with E-state index in [9.17, 15) is 0 Å². The van der Waals surface area contributed by atoms with E-state index in [0.717, 1.165) is 0 Å². The molecule has 1 aliphatic carbocycles. The van der Waals surface area contributed by atoms with Crippen molar-refractivity contribution in [2.45, 2.75) is 52.0 Å². The van der Waals surface area contributed by atoms with Gasteiger partial charge in [0, 0.05) is 18.4 Å².